The lowest BCUT2D eigenvalue weighted by Crippen LogP contribution is -2.37. The second-order valence-electron chi connectivity index (χ2n) is 3.88. The van der Waals surface area contributed by atoms with E-state index in [1.165, 1.54) is 17.8 Å². The Morgan fingerprint density at radius 3 is 2.15 bits per heavy atom. The van der Waals surface area contributed by atoms with E-state index in [4.69, 9.17) is 0 Å². The fourth-order valence-corrected chi connectivity index (χ4v) is 1.95. The molecule has 2 N–H and O–H groups in total. The van der Waals surface area contributed by atoms with E-state index in [2.05, 4.69) is 48.7 Å². The maximum Gasteiger partial charge on any atom is 0.105 e. The van der Waals surface area contributed by atoms with Gasteiger partial charge < -0.3 is 10.6 Å². The van der Waals surface area contributed by atoms with Crippen molar-refractivity contribution in [1.29, 1.82) is 0 Å². The Hall–Kier alpha value is -1.18. The van der Waals surface area contributed by atoms with Crippen molar-refractivity contribution in [2.45, 2.75) is 32.4 Å². The Kier molecular flexibility index (Phi) is 1.91. The SMILES string of the molecule is CCCC1(C)Nc2ccccc2N1. The Morgan fingerprint density at radius 2 is 1.69 bits per heavy atom. The van der Waals surface area contributed by atoms with E-state index in [0.717, 1.165) is 6.42 Å². The highest BCUT2D eigenvalue weighted by molar-refractivity contribution is 5.75. The summed E-state index contributed by atoms with van der Waals surface area (Å²) in [6.07, 6.45) is 2.33. The third-order valence-electron chi connectivity index (χ3n) is 2.50. The first-order chi connectivity index (χ1) is 6.23. The molecule has 0 radical (unpaired) electrons. The van der Waals surface area contributed by atoms with Gasteiger partial charge in [-0.15, -0.1) is 0 Å². The van der Waals surface area contributed by atoms with Crippen LogP contribution >= 0.6 is 0 Å². The minimum atomic E-state index is 0.0540. The van der Waals surface area contributed by atoms with Gasteiger partial charge in [-0.2, -0.15) is 0 Å². The molecule has 1 aromatic carbocycles. The molecule has 0 saturated carbocycles. The zero-order valence-corrected chi connectivity index (χ0v) is 8.22. The topological polar surface area (TPSA) is 24.1 Å². The Bertz CT molecular complexity index is 282. The molecule has 0 aromatic heterocycles. The van der Waals surface area contributed by atoms with E-state index in [-0.39, 0.29) is 5.66 Å². The summed E-state index contributed by atoms with van der Waals surface area (Å²) in [6.45, 7) is 4.41. The molecule has 2 heteroatoms. The number of hydrogen-bond acceptors (Lipinski definition) is 2. The van der Waals surface area contributed by atoms with E-state index in [1.807, 2.05) is 0 Å². The Balaban J connectivity index is 2.21. The van der Waals surface area contributed by atoms with E-state index in [1.54, 1.807) is 0 Å². The van der Waals surface area contributed by atoms with Gasteiger partial charge >= 0.3 is 0 Å². The van der Waals surface area contributed by atoms with Crippen LogP contribution in [-0.2, 0) is 0 Å². The van der Waals surface area contributed by atoms with Gasteiger partial charge in [0.25, 0.3) is 0 Å². The quantitative estimate of drug-likeness (QED) is 0.723. The van der Waals surface area contributed by atoms with Crippen LogP contribution in [0.4, 0.5) is 11.4 Å². The molecule has 0 aliphatic carbocycles. The highest BCUT2D eigenvalue weighted by Gasteiger charge is 2.29. The number of rotatable bonds is 2. The molecule has 1 aromatic rings. The number of anilines is 2. The number of nitrogens with one attached hydrogen (secondary N) is 2. The zero-order valence-electron chi connectivity index (χ0n) is 8.22. The molecule has 1 aliphatic rings. The maximum atomic E-state index is 3.50. The van der Waals surface area contributed by atoms with Crippen molar-refractivity contribution in [3.05, 3.63) is 24.3 Å². The summed E-state index contributed by atoms with van der Waals surface area (Å²) < 4.78 is 0. The molecule has 0 saturated heterocycles. The number of benzene rings is 1. The van der Waals surface area contributed by atoms with E-state index >= 15 is 0 Å². The first-order valence-electron chi connectivity index (χ1n) is 4.89. The fraction of sp³-hybridized carbons (Fsp3) is 0.455. The predicted molar refractivity (Wildman–Crippen MR) is 57.0 cm³/mol. The lowest BCUT2D eigenvalue weighted by molar-refractivity contribution is 0.539. The standard InChI is InChI=1S/C11H16N2/c1-3-8-11(2)12-9-6-4-5-7-10(9)13-11/h4-7,12-13H,3,8H2,1-2H3. The molecule has 13 heavy (non-hydrogen) atoms. The molecule has 1 heterocycles. The number of hydrogen-bond donors (Lipinski definition) is 2. The zero-order chi connectivity index (χ0) is 9.31. The Labute approximate surface area is 79.4 Å². The van der Waals surface area contributed by atoms with Crippen molar-refractivity contribution in [3.8, 4) is 0 Å². The molecule has 0 unspecified atom stereocenters. The average molecular weight is 176 g/mol. The summed E-state index contributed by atoms with van der Waals surface area (Å²) in [5.41, 5.74) is 2.50. The van der Waals surface area contributed by atoms with E-state index < -0.39 is 0 Å². The van der Waals surface area contributed by atoms with Gasteiger partial charge in [-0.25, -0.2) is 0 Å². The van der Waals surface area contributed by atoms with Gasteiger partial charge in [-0.3, -0.25) is 0 Å². The van der Waals surface area contributed by atoms with Crippen LogP contribution in [0.1, 0.15) is 26.7 Å². The summed E-state index contributed by atoms with van der Waals surface area (Å²) in [6, 6.07) is 8.35. The van der Waals surface area contributed by atoms with Crippen LogP contribution in [0.15, 0.2) is 24.3 Å². The van der Waals surface area contributed by atoms with Crippen LogP contribution in [0.2, 0.25) is 0 Å². The lowest BCUT2D eigenvalue weighted by Gasteiger charge is -2.25. The molecule has 0 spiro atoms. The molecule has 0 atom stereocenters. The van der Waals surface area contributed by atoms with Crippen molar-refractivity contribution in [2.75, 3.05) is 10.6 Å². The lowest BCUT2D eigenvalue weighted by atomic mass is 10.1. The normalized spacial score (nSPS) is 17.4. The largest absolute Gasteiger partial charge is 0.361 e. The summed E-state index contributed by atoms with van der Waals surface area (Å²) in [5, 5.41) is 7.00. The van der Waals surface area contributed by atoms with Crippen molar-refractivity contribution in [1.82, 2.24) is 0 Å². The van der Waals surface area contributed by atoms with Crippen molar-refractivity contribution in [2.24, 2.45) is 0 Å². The van der Waals surface area contributed by atoms with Gasteiger partial charge in [0.05, 0.1) is 11.4 Å². The van der Waals surface area contributed by atoms with Crippen LogP contribution in [0.25, 0.3) is 0 Å². The van der Waals surface area contributed by atoms with Crippen LogP contribution < -0.4 is 10.6 Å². The van der Waals surface area contributed by atoms with E-state index in [0.29, 0.717) is 0 Å². The molecule has 70 valence electrons. The van der Waals surface area contributed by atoms with Crippen LogP contribution in [-0.4, -0.2) is 5.66 Å². The minimum Gasteiger partial charge on any atom is -0.361 e. The van der Waals surface area contributed by atoms with Gasteiger partial charge in [0.1, 0.15) is 5.66 Å². The van der Waals surface area contributed by atoms with E-state index in [9.17, 15) is 0 Å². The molecule has 0 bridgehead atoms. The van der Waals surface area contributed by atoms with Crippen molar-refractivity contribution >= 4 is 11.4 Å². The van der Waals surface area contributed by atoms with Gasteiger partial charge in [0.2, 0.25) is 0 Å². The smallest absolute Gasteiger partial charge is 0.105 e. The summed E-state index contributed by atoms with van der Waals surface area (Å²) >= 11 is 0. The van der Waals surface area contributed by atoms with Gasteiger partial charge in [0, 0.05) is 0 Å². The maximum absolute atomic E-state index is 3.50. The summed E-state index contributed by atoms with van der Waals surface area (Å²) in [5.74, 6) is 0. The summed E-state index contributed by atoms with van der Waals surface area (Å²) in [7, 11) is 0. The Morgan fingerprint density at radius 1 is 1.15 bits per heavy atom. The molecular weight excluding hydrogens is 160 g/mol. The first kappa shape index (κ1) is 8.42. The van der Waals surface area contributed by atoms with Crippen molar-refractivity contribution < 1.29 is 0 Å². The van der Waals surface area contributed by atoms with Gasteiger partial charge in [-0.05, 0) is 25.5 Å². The molecule has 2 nitrogen and oxygen atoms in total. The second kappa shape index (κ2) is 2.95. The molecule has 2 rings (SSSR count). The van der Waals surface area contributed by atoms with Gasteiger partial charge in [-0.1, -0.05) is 25.5 Å². The highest BCUT2D eigenvalue weighted by Crippen LogP contribution is 2.35. The van der Waals surface area contributed by atoms with Crippen LogP contribution in [0, 0.1) is 0 Å². The molecular formula is C11H16N2. The van der Waals surface area contributed by atoms with Gasteiger partial charge in [0.15, 0.2) is 0 Å². The monoisotopic (exact) mass is 176 g/mol. The van der Waals surface area contributed by atoms with Crippen LogP contribution in [0.3, 0.4) is 0 Å². The second-order valence-corrected chi connectivity index (χ2v) is 3.88. The fourth-order valence-electron chi connectivity index (χ4n) is 1.95. The molecule has 0 fully saturated rings. The molecule has 0 amide bonds. The predicted octanol–water partition coefficient (Wildman–Crippen LogP) is 3.04. The number of fused-ring (bicyclic) bond motifs is 1. The highest BCUT2D eigenvalue weighted by atomic mass is 15.2. The minimum absolute atomic E-state index is 0.0540. The van der Waals surface area contributed by atoms with Crippen molar-refractivity contribution in [3.63, 3.8) is 0 Å². The molecule has 1 aliphatic heterocycles. The average Bonchev–Trinajstić information content (AvgIpc) is 2.40. The van der Waals surface area contributed by atoms with Crippen LogP contribution in [0.5, 0.6) is 0 Å². The summed E-state index contributed by atoms with van der Waals surface area (Å²) in [4.78, 5) is 0. The third kappa shape index (κ3) is 1.48. The number of para-hydroxylation sites is 2. The first-order valence-corrected chi connectivity index (χ1v) is 4.89. The third-order valence-corrected chi connectivity index (χ3v) is 2.50.